The summed E-state index contributed by atoms with van der Waals surface area (Å²) in [6.07, 6.45) is 6.94. The van der Waals surface area contributed by atoms with Gasteiger partial charge < -0.3 is 4.90 Å². The van der Waals surface area contributed by atoms with Gasteiger partial charge in [-0.15, -0.1) is 0 Å². The number of carbonyl (C=O) groups is 1. The number of rotatable bonds is 12. The summed E-state index contributed by atoms with van der Waals surface area (Å²) in [5.74, 6) is 0.542. The Bertz CT molecular complexity index is 940. The summed E-state index contributed by atoms with van der Waals surface area (Å²) < 4.78 is 0. The van der Waals surface area contributed by atoms with Crippen LogP contribution >= 0.6 is 0 Å². The average molecular weight is 440 g/mol. The van der Waals surface area contributed by atoms with Crippen LogP contribution in [0.5, 0.6) is 0 Å². The SMILES string of the molecule is CCCCCC(=O)N(CCC(c1ccccc1)c1ccccc1)C/C(C)=C/c1ccccc1. The summed E-state index contributed by atoms with van der Waals surface area (Å²) in [5.41, 5.74) is 5.00. The number of benzene rings is 3. The molecule has 0 fully saturated rings. The number of hydrogen-bond donors (Lipinski definition) is 0. The maximum absolute atomic E-state index is 13.2. The Kier molecular flexibility index (Phi) is 9.97. The standard InChI is InChI=1S/C31H37NO/c1-3-4-8-21-31(33)32(25-26(2)24-27-15-9-5-10-16-27)23-22-30(28-17-11-6-12-18-28)29-19-13-7-14-20-29/h5-7,9-20,24,30H,3-4,8,21-23,25H2,1-2H3/b26-24+. The van der Waals surface area contributed by atoms with Crippen molar-refractivity contribution in [2.24, 2.45) is 0 Å². The Hall–Kier alpha value is -3.13. The minimum Gasteiger partial charge on any atom is -0.339 e. The van der Waals surface area contributed by atoms with Crippen LogP contribution in [-0.4, -0.2) is 23.9 Å². The molecular formula is C31H37NO. The van der Waals surface area contributed by atoms with Gasteiger partial charge in [0.25, 0.3) is 0 Å². The molecule has 2 heteroatoms. The number of carbonyl (C=O) groups excluding carboxylic acids is 1. The fourth-order valence-electron chi connectivity index (χ4n) is 4.34. The van der Waals surface area contributed by atoms with Crippen molar-refractivity contribution >= 4 is 12.0 Å². The fraction of sp³-hybridized carbons (Fsp3) is 0.323. The number of hydrogen-bond acceptors (Lipinski definition) is 1. The van der Waals surface area contributed by atoms with Gasteiger partial charge in [0.2, 0.25) is 5.91 Å². The Morgan fingerprint density at radius 2 is 1.36 bits per heavy atom. The van der Waals surface area contributed by atoms with Crippen LogP contribution in [0.3, 0.4) is 0 Å². The van der Waals surface area contributed by atoms with E-state index in [0.717, 1.165) is 32.2 Å². The third-order valence-corrected chi connectivity index (χ3v) is 6.09. The van der Waals surface area contributed by atoms with Crippen molar-refractivity contribution in [3.05, 3.63) is 113 Å². The van der Waals surface area contributed by atoms with Gasteiger partial charge in [0, 0.05) is 25.4 Å². The van der Waals surface area contributed by atoms with Gasteiger partial charge in [0.15, 0.2) is 0 Å². The molecule has 3 aromatic carbocycles. The van der Waals surface area contributed by atoms with E-state index in [4.69, 9.17) is 0 Å². The van der Waals surface area contributed by atoms with Crippen molar-refractivity contribution in [2.75, 3.05) is 13.1 Å². The monoisotopic (exact) mass is 439 g/mol. The zero-order valence-corrected chi connectivity index (χ0v) is 20.1. The smallest absolute Gasteiger partial charge is 0.222 e. The van der Waals surface area contributed by atoms with Gasteiger partial charge in [0.1, 0.15) is 0 Å². The molecule has 0 aromatic heterocycles. The van der Waals surface area contributed by atoms with Gasteiger partial charge >= 0.3 is 0 Å². The highest BCUT2D eigenvalue weighted by Crippen LogP contribution is 2.28. The summed E-state index contributed by atoms with van der Waals surface area (Å²) in [6.45, 7) is 5.74. The lowest BCUT2D eigenvalue weighted by Gasteiger charge is -2.27. The second kappa shape index (κ2) is 13.4. The van der Waals surface area contributed by atoms with E-state index in [2.05, 4.69) is 110 Å². The predicted octanol–water partition coefficient (Wildman–Crippen LogP) is 7.72. The Morgan fingerprint density at radius 1 is 0.818 bits per heavy atom. The van der Waals surface area contributed by atoms with Gasteiger partial charge in [-0.25, -0.2) is 0 Å². The Labute approximate surface area is 200 Å². The van der Waals surface area contributed by atoms with E-state index >= 15 is 0 Å². The number of nitrogens with zero attached hydrogens (tertiary/aromatic N) is 1. The molecular weight excluding hydrogens is 402 g/mol. The van der Waals surface area contributed by atoms with Gasteiger partial charge in [-0.1, -0.05) is 122 Å². The van der Waals surface area contributed by atoms with Crippen molar-refractivity contribution in [2.45, 2.75) is 51.9 Å². The van der Waals surface area contributed by atoms with Crippen LogP contribution < -0.4 is 0 Å². The van der Waals surface area contributed by atoms with Crippen molar-refractivity contribution in [1.29, 1.82) is 0 Å². The Balaban J connectivity index is 1.77. The summed E-state index contributed by atoms with van der Waals surface area (Å²) >= 11 is 0. The van der Waals surface area contributed by atoms with Crippen LogP contribution in [0.4, 0.5) is 0 Å². The van der Waals surface area contributed by atoms with Crippen LogP contribution in [-0.2, 0) is 4.79 Å². The quantitative estimate of drug-likeness (QED) is 0.265. The lowest BCUT2D eigenvalue weighted by molar-refractivity contribution is -0.131. The van der Waals surface area contributed by atoms with Crippen molar-refractivity contribution in [3.8, 4) is 0 Å². The summed E-state index contributed by atoms with van der Waals surface area (Å²) in [7, 11) is 0. The van der Waals surface area contributed by atoms with E-state index in [-0.39, 0.29) is 11.8 Å². The molecule has 0 aliphatic carbocycles. The molecule has 0 heterocycles. The molecule has 0 aliphatic rings. The highest BCUT2D eigenvalue weighted by molar-refractivity contribution is 5.76. The molecule has 0 atom stereocenters. The summed E-state index contributed by atoms with van der Waals surface area (Å²) in [5, 5.41) is 0. The zero-order valence-electron chi connectivity index (χ0n) is 20.1. The number of amides is 1. The fourth-order valence-corrected chi connectivity index (χ4v) is 4.34. The first kappa shape index (κ1) is 24.5. The second-order valence-corrected chi connectivity index (χ2v) is 8.84. The average Bonchev–Trinajstić information content (AvgIpc) is 2.85. The first-order valence-electron chi connectivity index (χ1n) is 12.3. The topological polar surface area (TPSA) is 20.3 Å². The number of unbranched alkanes of at least 4 members (excludes halogenated alkanes) is 2. The molecule has 3 aromatic rings. The molecule has 0 saturated heterocycles. The van der Waals surface area contributed by atoms with Crippen LogP contribution in [0.1, 0.15) is 68.6 Å². The predicted molar refractivity (Wildman–Crippen MR) is 140 cm³/mol. The molecule has 0 bridgehead atoms. The van der Waals surface area contributed by atoms with Crippen LogP contribution in [0.15, 0.2) is 96.6 Å². The molecule has 0 radical (unpaired) electrons. The van der Waals surface area contributed by atoms with E-state index in [0.29, 0.717) is 13.0 Å². The normalized spacial score (nSPS) is 11.5. The summed E-state index contributed by atoms with van der Waals surface area (Å²) in [6, 6.07) is 31.7. The summed E-state index contributed by atoms with van der Waals surface area (Å²) in [4.78, 5) is 15.3. The van der Waals surface area contributed by atoms with Crippen molar-refractivity contribution in [3.63, 3.8) is 0 Å². The first-order chi connectivity index (χ1) is 16.2. The third-order valence-electron chi connectivity index (χ3n) is 6.09. The maximum atomic E-state index is 13.2. The van der Waals surface area contributed by atoms with Crippen LogP contribution in [0.25, 0.3) is 6.08 Å². The van der Waals surface area contributed by atoms with E-state index in [9.17, 15) is 4.79 Å². The molecule has 1 amide bonds. The molecule has 0 N–H and O–H groups in total. The molecule has 0 saturated carbocycles. The molecule has 0 aliphatic heterocycles. The lowest BCUT2D eigenvalue weighted by atomic mass is 9.88. The van der Waals surface area contributed by atoms with Crippen LogP contribution in [0.2, 0.25) is 0 Å². The molecule has 3 rings (SSSR count). The highest BCUT2D eigenvalue weighted by Gasteiger charge is 2.19. The minimum absolute atomic E-state index is 0.268. The Morgan fingerprint density at radius 3 is 1.91 bits per heavy atom. The molecule has 2 nitrogen and oxygen atoms in total. The van der Waals surface area contributed by atoms with E-state index in [1.165, 1.54) is 22.3 Å². The van der Waals surface area contributed by atoms with Crippen molar-refractivity contribution in [1.82, 2.24) is 4.90 Å². The highest BCUT2D eigenvalue weighted by atomic mass is 16.2. The zero-order chi connectivity index (χ0) is 23.3. The van der Waals surface area contributed by atoms with Gasteiger partial charge in [-0.05, 0) is 36.5 Å². The molecule has 33 heavy (non-hydrogen) atoms. The molecule has 0 spiro atoms. The van der Waals surface area contributed by atoms with E-state index in [1.807, 2.05) is 6.07 Å². The molecule has 0 unspecified atom stereocenters. The van der Waals surface area contributed by atoms with E-state index in [1.54, 1.807) is 0 Å². The second-order valence-electron chi connectivity index (χ2n) is 8.84. The lowest BCUT2D eigenvalue weighted by Crippen LogP contribution is -2.34. The van der Waals surface area contributed by atoms with Crippen molar-refractivity contribution < 1.29 is 4.79 Å². The van der Waals surface area contributed by atoms with Gasteiger partial charge in [-0.2, -0.15) is 0 Å². The van der Waals surface area contributed by atoms with Crippen LogP contribution in [0, 0.1) is 0 Å². The molecule has 172 valence electrons. The largest absolute Gasteiger partial charge is 0.339 e. The van der Waals surface area contributed by atoms with E-state index < -0.39 is 0 Å². The first-order valence-corrected chi connectivity index (χ1v) is 12.3. The van der Waals surface area contributed by atoms with Gasteiger partial charge in [0.05, 0.1) is 0 Å². The van der Waals surface area contributed by atoms with Gasteiger partial charge in [-0.3, -0.25) is 4.79 Å². The minimum atomic E-state index is 0.268. The third kappa shape index (κ3) is 8.05. The maximum Gasteiger partial charge on any atom is 0.222 e.